The van der Waals surface area contributed by atoms with Crippen molar-refractivity contribution in [3.05, 3.63) is 58.7 Å². The van der Waals surface area contributed by atoms with Crippen molar-refractivity contribution >= 4 is 18.1 Å². The lowest BCUT2D eigenvalue weighted by molar-refractivity contribution is -0.146. The molecular weight excluding hydrogens is 572 g/mol. The summed E-state index contributed by atoms with van der Waals surface area (Å²) < 4.78 is 28.5. The Morgan fingerprint density at radius 3 is 2.57 bits per heavy atom. The zero-order valence-corrected chi connectivity index (χ0v) is 25.0. The van der Waals surface area contributed by atoms with E-state index < -0.39 is 36.2 Å². The van der Waals surface area contributed by atoms with Crippen LogP contribution in [-0.4, -0.2) is 105 Å². The van der Waals surface area contributed by atoms with Gasteiger partial charge in [-0.2, -0.15) is 0 Å². The van der Waals surface area contributed by atoms with Crippen LogP contribution in [0.2, 0.25) is 0 Å². The summed E-state index contributed by atoms with van der Waals surface area (Å²) in [5, 5.41) is 24.0. The number of aliphatic hydroxyl groups is 2. The van der Waals surface area contributed by atoms with Gasteiger partial charge in [0.1, 0.15) is 36.1 Å². The quantitative estimate of drug-likeness (QED) is 0.301. The highest BCUT2D eigenvalue weighted by atomic mass is 16.5. The van der Waals surface area contributed by atoms with Crippen molar-refractivity contribution in [2.75, 3.05) is 47.6 Å². The second-order valence-corrected chi connectivity index (χ2v) is 10.9. The van der Waals surface area contributed by atoms with Gasteiger partial charge in [0, 0.05) is 36.4 Å². The van der Waals surface area contributed by atoms with Crippen LogP contribution in [0.1, 0.15) is 40.2 Å². The third kappa shape index (κ3) is 5.97. The third-order valence-electron chi connectivity index (χ3n) is 8.37. The largest absolute Gasteiger partial charge is 0.497 e. The molecule has 2 aromatic carbocycles. The molecule has 0 bridgehead atoms. The van der Waals surface area contributed by atoms with Crippen LogP contribution in [0, 0.1) is 0 Å². The van der Waals surface area contributed by atoms with Gasteiger partial charge >= 0.3 is 0 Å². The van der Waals surface area contributed by atoms with E-state index in [9.17, 15) is 24.6 Å². The number of carbonyl (C=O) groups excluding carboxylic acids is 3. The first-order valence-electron chi connectivity index (χ1n) is 14.6. The van der Waals surface area contributed by atoms with E-state index in [0.717, 1.165) is 12.0 Å². The summed E-state index contributed by atoms with van der Waals surface area (Å²) in [5.74, 6) is 0.282. The fourth-order valence-electron chi connectivity index (χ4n) is 6.24. The molecule has 0 radical (unpaired) electrons. The van der Waals surface area contributed by atoms with E-state index in [0.29, 0.717) is 54.1 Å². The number of nitrogens with one attached hydrogen (secondary N) is 1. The predicted molar refractivity (Wildman–Crippen MR) is 157 cm³/mol. The zero-order chi connectivity index (χ0) is 31.4. The third-order valence-corrected chi connectivity index (χ3v) is 8.37. The van der Waals surface area contributed by atoms with Crippen LogP contribution in [0.3, 0.4) is 0 Å². The van der Waals surface area contributed by atoms with Gasteiger partial charge in [0.15, 0.2) is 11.5 Å². The maximum atomic E-state index is 14.0. The predicted octanol–water partition coefficient (Wildman–Crippen LogP) is 1.40. The number of fused-ring (bicyclic) bond motifs is 3. The minimum Gasteiger partial charge on any atom is -0.497 e. The van der Waals surface area contributed by atoms with Gasteiger partial charge < -0.3 is 44.1 Å². The van der Waals surface area contributed by atoms with Crippen LogP contribution < -0.4 is 24.3 Å². The molecule has 236 valence electrons. The van der Waals surface area contributed by atoms with Gasteiger partial charge in [-0.1, -0.05) is 0 Å². The van der Waals surface area contributed by atoms with E-state index in [-0.39, 0.29) is 36.9 Å². The van der Waals surface area contributed by atoms with Crippen molar-refractivity contribution in [2.24, 2.45) is 0 Å². The summed E-state index contributed by atoms with van der Waals surface area (Å²) >= 11 is 0. The number of benzene rings is 2. The van der Waals surface area contributed by atoms with Gasteiger partial charge in [-0.3, -0.25) is 14.4 Å². The first-order chi connectivity index (χ1) is 21.3. The number of aliphatic hydroxyl groups excluding tert-OH is 2. The lowest BCUT2D eigenvalue weighted by Crippen LogP contribution is -2.57. The minimum absolute atomic E-state index is 0.000384. The van der Waals surface area contributed by atoms with Crippen molar-refractivity contribution in [3.63, 3.8) is 0 Å². The molecule has 2 heterocycles. The van der Waals surface area contributed by atoms with E-state index in [2.05, 4.69) is 5.32 Å². The number of aldehydes is 1. The van der Waals surface area contributed by atoms with Crippen LogP contribution in [-0.2, 0) is 20.7 Å². The zero-order valence-electron chi connectivity index (χ0n) is 25.0. The molecule has 5 atom stereocenters. The summed E-state index contributed by atoms with van der Waals surface area (Å²) in [6, 6.07) is 7.57. The summed E-state index contributed by atoms with van der Waals surface area (Å²) in [5.41, 5.74) is 1.86. The molecule has 0 aromatic heterocycles. The first kappa shape index (κ1) is 31.3. The van der Waals surface area contributed by atoms with Crippen molar-refractivity contribution in [2.45, 2.75) is 49.5 Å². The van der Waals surface area contributed by atoms with Crippen LogP contribution in [0.15, 0.2) is 42.0 Å². The first-order valence-corrected chi connectivity index (χ1v) is 14.6. The summed E-state index contributed by atoms with van der Waals surface area (Å²) in [6.45, 7) is 0.338. The Morgan fingerprint density at radius 1 is 1.11 bits per heavy atom. The van der Waals surface area contributed by atoms with Crippen LogP contribution >= 0.6 is 0 Å². The average Bonchev–Trinajstić information content (AvgIpc) is 3.73. The number of rotatable bonds is 12. The minimum atomic E-state index is -1.26. The Hall–Kier alpha value is -4.13. The van der Waals surface area contributed by atoms with Gasteiger partial charge in [0.2, 0.25) is 5.91 Å². The van der Waals surface area contributed by atoms with Crippen molar-refractivity contribution in [1.29, 1.82) is 0 Å². The van der Waals surface area contributed by atoms with Gasteiger partial charge in [0.25, 0.3) is 5.91 Å². The van der Waals surface area contributed by atoms with Crippen LogP contribution in [0.4, 0.5) is 0 Å². The van der Waals surface area contributed by atoms with Gasteiger partial charge in [-0.05, 0) is 61.2 Å². The van der Waals surface area contributed by atoms with E-state index in [4.69, 9.17) is 23.7 Å². The molecule has 1 fully saturated rings. The highest BCUT2D eigenvalue weighted by molar-refractivity contribution is 5.96. The molecule has 5 unspecified atom stereocenters. The van der Waals surface area contributed by atoms with Gasteiger partial charge in [-0.15, -0.1) is 0 Å². The molecule has 1 aliphatic carbocycles. The van der Waals surface area contributed by atoms with Gasteiger partial charge in [-0.25, -0.2) is 0 Å². The summed E-state index contributed by atoms with van der Waals surface area (Å²) in [4.78, 5) is 40.8. The normalized spacial score (nSPS) is 23.5. The van der Waals surface area contributed by atoms with Crippen molar-refractivity contribution in [1.82, 2.24) is 10.2 Å². The Morgan fingerprint density at radius 2 is 1.91 bits per heavy atom. The second-order valence-electron chi connectivity index (χ2n) is 10.9. The SMILES string of the molecule is COc1ccc(OC)c(CCN(C(=O)C2CCCO2)C2C=C(C(=O)NCCO)C3c4cc(C=O)cc(OC)c4OC3C2O)c1. The molecule has 12 nitrogen and oxygen atoms in total. The van der Waals surface area contributed by atoms with Crippen molar-refractivity contribution in [3.8, 4) is 23.0 Å². The molecule has 3 N–H and O–H groups in total. The molecule has 44 heavy (non-hydrogen) atoms. The molecular formula is C32H38N2O10. The smallest absolute Gasteiger partial charge is 0.252 e. The fourth-order valence-corrected chi connectivity index (χ4v) is 6.24. The lowest BCUT2D eigenvalue weighted by Gasteiger charge is -2.41. The van der Waals surface area contributed by atoms with Crippen LogP contribution in [0.5, 0.6) is 23.0 Å². The van der Waals surface area contributed by atoms with Crippen molar-refractivity contribution < 1.29 is 48.3 Å². The maximum absolute atomic E-state index is 14.0. The molecule has 2 amide bonds. The monoisotopic (exact) mass is 610 g/mol. The second kappa shape index (κ2) is 13.7. The molecule has 2 aromatic rings. The Labute approximate surface area is 255 Å². The molecule has 0 saturated carbocycles. The number of amides is 2. The van der Waals surface area contributed by atoms with E-state index in [1.807, 2.05) is 6.07 Å². The van der Waals surface area contributed by atoms with Crippen LogP contribution in [0.25, 0.3) is 0 Å². The lowest BCUT2D eigenvalue weighted by atomic mass is 9.77. The maximum Gasteiger partial charge on any atom is 0.252 e. The summed E-state index contributed by atoms with van der Waals surface area (Å²) in [7, 11) is 4.56. The number of ether oxygens (including phenoxy) is 5. The standard InChI is InChI=1S/C32H38N2O10/c1-40-20-6-7-24(41-2)19(15-20)8-10-34(32(39)25-5-4-12-43-25)23-16-22(31(38)33-9-11-35)27-21-13-18(17-36)14-26(42-3)29(21)44-30(27)28(23)37/h6-7,13-17,23,25,27-28,30,35,37H,4-5,8-12H2,1-3H3,(H,33,38). The molecule has 1 saturated heterocycles. The Kier molecular flexibility index (Phi) is 9.72. The number of hydrogen-bond donors (Lipinski definition) is 3. The Bertz CT molecular complexity index is 1420. The van der Waals surface area contributed by atoms with E-state index in [1.165, 1.54) is 18.1 Å². The number of hydrogen-bond acceptors (Lipinski definition) is 10. The topological polar surface area (TPSA) is 153 Å². The number of nitrogens with zero attached hydrogens (tertiary/aromatic N) is 1. The Balaban J connectivity index is 1.57. The van der Waals surface area contributed by atoms with Gasteiger partial charge in [0.05, 0.1) is 39.9 Å². The molecule has 3 aliphatic rings. The molecule has 0 spiro atoms. The molecule has 5 rings (SSSR count). The highest BCUT2D eigenvalue weighted by Crippen LogP contribution is 2.51. The fraction of sp³-hybridized carbons (Fsp3) is 0.469. The molecule has 2 aliphatic heterocycles. The van der Waals surface area contributed by atoms with E-state index >= 15 is 0 Å². The number of methoxy groups -OCH3 is 3. The average molecular weight is 611 g/mol. The molecule has 12 heteroatoms. The van der Waals surface area contributed by atoms with E-state index in [1.54, 1.807) is 38.5 Å². The summed E-state index contributed by atoms with van der Waals surface area (Å²) in [6.07, 6.45) is 0.953. The number of carbonyl (C=O) groups is 3. The highest BCUT2D eigenvalue weighted by Gasteiger charge is 2.52.